The smallest absolute Gasteiger partial charge is 0.204 e. The third kappa shape index (κ3) is 3.74. The number of hydrogen-bond donors (Lipinski definition) is 2. The van der Waals surface area contributed by atoms with Gasteiger partial charge in [-0.1, -0.05) is 0 Å². The van der Waals surface area contributed by atoms with E-state index >= 15 is 0 Å². The molecular formula is C11H20N4O2. The maximum absolute atomic E-state index is 5.30. The van der Waals surface area contributed by atoms with E-state index in [1.54, 1.807) is 14.2 Å². The summed E-state index contributed by atoms with van der Waals surface area (Å²) >= 11 is 0. The van der Waals surface area contributed by atoms with E-state index in [2.05, 4.69) is 20.6 Å². The lowest BCUT2D eigenvalue weighted by Gasteiger charge is -2.15. The van der Waals surface area contributed by atoms with Crippen molar-refractivity contribution in [3.63, 3.8) is 0 Å². The summed E-state index contributed by atoms with van der Waals surface area (Å²) in [5.74, 6) is 1.98. The predicted octanol–water partition coefficient (Wildman–Crippen LogP) is 1.36. The SMILES string of the molecule is CCNc1ncnc(NCC(C)OC)c1OC. The standard InChI is InChI=1S/C11H20N4O2/c1-5-12-10-9(17-4)11(15-7-14-10)13-6-8(2)16-3/h7-8H,5-6H2,1-4H3,(H2,12,13,14,15). The number of nitrogens with zero attached hydrogens (tertiary/aromatic N) is 2. The third-order valence-electron chi connectivity index (χ3n) is 2.31. The van der Waals surface area contributed by atoms with Crippen LogP contribution in [0, 0.1) is 0 Å². The molecule has 0 radical (unpaired) electrons. The summed E-state index contributed by atoms with van der Waals surface area (Å²) in [6.45, 7) is 5.42. The summed E-state index contributed by atoms with van der Waals surface area (Å²) in [6.07, 6.45) is 1.61. The molecule has 0 saturated carbocycles. The highest BCUT2D eigenvalue weighted by Crippen LogP contribution is 2.28. The molecule has 1 rings (SSSR count). The van der Waals surface area contributed by atoms with Gasteiger partial charge >= 0.3 is 0 Å². The molecule has 17 heavy (non-hydrogen) atoms. The van der Waals surface area contributed by atoms with Crippen LogP contribution in [0.15, 0.2) is 6.33 Å². The summed E-state index contributed by atoms with van der Waals surface area (Å²) in [7, 11) is 3.28. The summed E-state index contributed by atoms with van der Waals surface area (Å²) < 4.78 is 10.5. The van der Waals surface area contributed by atoms with Crippen molar-refractivity contribution < 1.29 is 9.47 Å². The number of methoxy groups -OCH3 is 2. The van der Waals surface area contributed by atoms with E-state index in [0.717, 1.165) is 6.54 Å². The van der Waals surface area contributed by atoms with Gasteiger partial charge in [0, 0.05) is 20.2 Å². The first-order chi connectivity index (χ1) is 8.22. The zero-order valence-electron chi connectivity index (χ0n) is 10.8. The van der Waals surface area contributed by atoms with E-state index in [4.69, 9.17) is 9.47 Å². The van der Waals surface area contributed by atoms with Crippen LogP contribution in [0.4, 0.5) is 11.6 Å². The van der Waals surface area contributed by atoms with Gasteiger partial charge in [0.1, 0.15) is 6.33 Å². The van der Waals surface area contributed by atoms with Crippen molar-refractivity contribution in [3.8, 4) is 5.75 Å². The van der Waals surface area contributed by atoms with Gasteiger partial charge in [0.15, 0.2) is 11.6 Å². The normalized spacial score (nSPS) is 12.0. The number of ether oxygens (including phenoxy) is 2. The maximum Gasteiger partial charge on any atom is 0.204 e. The van der Waals surface area contributed by atoms with Crippen molar-refractivity contribution in [2.24, 2.45) is 0 Å². The van der Waals surface area contributed by atoms with Crippen LogP contribution in [0.1, 0.15) is 13.8 Å². The molecule has 2 N–H and O–H groups in total. The highest BCUT2D eigenvalue weighted by molar-refractivity contribution is 5.63. The molecule has 6 nitrogen and oxygen atoms in total. The molecule has 0 spiro atoms. The minimum Gasteiger partial charge on any atom is -0.490 e. The van der Waals surface area contributed by atoms with Gasteiger partial charge < -0.3 is 20.1 Å². The van der Waals surface area contributed by atoms with Crippen molar-refractivity contribution in [3.05, 3.63) is 6.33 Å². The second-order valence-corrected chi connectivity index (χ2v) is 3.56. The van der Waals surface area contributed by atoms with Crippen LogP contribution in [-0.4, -0.2) is 43.4 Å². The average molecular weight is 240 g/mol. The van der Waals surface area contributed by atoms with E-state index in [1.165, 1.54) is 6.33 Å². The van der Waals surface area contributed by atoms with Gasteiger partial charge in [0.05, 0.1) is 13.2 Å². The van der Waals surface area contributed by atoms with Gasteiger partial charge in [-0.25, -0.2) is 9.97 Å². The van der Waals surface area contributed by atoms with Crippen molar-refractivity contribution in [2.75, 3.05) is 37.9 Å². The lowest BCUT2D eigenvalue weighted by molar-refractivity contribution is 0.128. The Labute approximate surface area is 102 Å². The Hall–Kier alpha value is -1.56. The molecule has 1 atom stereocenters. The first-order valence-electron chi connectivity index (χ1n) is 5.62. The molecule has 0 aliphatic heterocycles. The minimum atomic E-state index is 0.109. The fourth-order valence-corrected chi connectivity index (χ4v) is 1.31. The number of nitrogens with one attached hydrogen (secondary N) is 2. The number of anilines is 2. The highest BCUT2D eigenvalue weighted by Gasteiger charge is 2.11. The summed E-state index contributed by atoms with van der Waals surface area (Å²) in [5.41, 5.74) is 0. The molecule has 96 valence electrons. The molecule has 0 bridgehead atoms. The average Bonchev–Trinajstić information content (AvgIpc) is 2.36. The van der Waals surface area contributed by atoms with Gasteiger partial charge in [-0.05, 0) is 13.8 Å². The summed E-state index contributed by atoms with van der Waals surface area (Å²) in [4.78, 5) is 8.28. The van der Waals surface area contributed by atoms with Gasteiger partial charge in [-0.2, -0.15) is 0 Å². The third-order valence-corrected chi connectivity index (χ3v) is 2.31. The Morgan fingerprint density at radius 3 is 2.41 bits per heavy atom. The Bertz CT molecular complexity index is 346. The second-order valence-electron chi connectivity index (χ2n) is 3.56. The van der Waals surface area contributed by atoms with Crippen LogP contribution in [0.2, 0.25) is 0 Å². The minimum absolute atomic E-state index is 0.109. The fourth-order valence-electron chi connectivity index (χ4n) is 1.31. The first kappa shape index (κ1) is 13.5. The number of rotatable bonds is 7. The van der Waals surface area contributed by atoms with Gasteiger partial charge in [-0.15, -0.1) is 0 Å². The van der Waals surface area contributed by atoms with E-state index < -0.39 is 0 Å². The Morgan fingerprint density at radius 1 is 1.24 bits per heavy atom. The van der Waals surface area contributed by atoms with E-state index in [1.807, 2.05) is 13.8 Å². The van der Waals surface area contributed by atoms with Crippen LogP contribution in [-0.2, 0) is 4.74 Å². The van der Waals surface area contributed by atoms with Crippen LogP contribution >= 0.6 is 0 Å². The molecular weight excluding hydrogens is 220 g/mol. The van der Waals surface area contributed by atoms with Crippen molar-refractivity contribution in [2.45, 2.75) is 20.0 Å². The first-order valence-corrected chi connectivity index (χ1v) is 5.62. The topological polar surface area (TPSA) is 68.3 Å². The number of aromatic nitrogens is 2. The van der Waals surface area contributed by atoms with Gasteiger partial charge in [0.2, 0.25) is 5.75 Å². The molecule has 0 aliphatic carbocycles. The molecule has 1 unspecified atom stereocenters. The largest absolute Gasteiger partial charge is 0.490 e. The monoisotopic (exact) mass is 240 g/mol. The van der Waals surface area contributed by atoms with Gasteiger partial charge in [0.25, 0.3) is 0 Å². The van der Waals surface area contributed by atoms with Crippen LogP contribution in [0.5, 0.6) is 5.75 Å². The number of hydrogen-bond acceptors (Lipinski definition) is 6. The quantitative estimate of drug-likeness (QED) is 0.750. The molecule has 1 aromatic rings. The molecule has 6 heteroatoms. The molecule has 1 heterocycles. The molecule has 0 amide bonds. The summed E-state index contributed by atoms with van der Waals surface area (Å²) in [5, 5.41) is 6.29. The molecule has 1 aromatic heterocycles. The van der Waals surface area contributed by atoms with Crippen molar-refractivity contribution >= 4 is 11.6 Å². The molecule has 0 saturated heterocycles. The van der Waals surface area contributed by atoms with E-state index in [-0.39, 0.29) is 6.10 Å². The molecule has 0 aromatic carbocycles. The van der Waals surface area contributed by atoms with Crippen molar-refractivity contribution in [1.82, 2.24) is 9.97 Å². The second kappa shape index (κ2) is 6.90. The van der Waals surface area contributed by atoms with Crippen LogP contribution in [0.25, 0.3) is 0 Å². The van der Waals surface area contributed by atoms with Gasteiger partial charge in [-0.3, -0.25) is 0 Å². The fraction of sp³-hybridized carbons (Fsp3) is 0.636. The lowest BCUT2D eigenvalue weighted by atomic mass is 10.4. The highest BCUT2D eigenvalue weighted by atomic mass is 16.5. The van der Waals surface area contributed by atoms with Crippen LogP contribution < -0.4 is 15.4 Å². The van der Waals surface area contributed by atoms with Crippen LogP contribution in [0.3, 0.4) is 0 Å². The maximum atomic E-state index is 5.30. The summed E-state index contributed by atoms with van der Waals surface area (Å²) in [6, 6.07) is 0. The predicted molar refractivity (Wildman–Crippen MR) is 67.7 cm³/mol. The van der Waals surface area contributed by atoms with E-state index in [0.29, 0.717) is 23.9 Å². The van der Waals surface area contributed by atoms with E-state index in [9.17, 15) is 0 Å². The Kier molecular flexibility index (Phi) is 5.48. The molecule has 0 aliphatic rings. The zero-order valence-corrected chi connectivity index (χ0v) is 10.8. The Morgan fingerprint density at radius 2 is 1.88 bits per heavy atom. The molecule has 0 fully saturated rings. The Balaban J connectivity index is 2.79. The lowest BCUT2D eigenvalue weighted by Crippen LogP contribution is -2.19. The zero-order chi connectivity index (χ0) is 12.7. The van der Waals surface area contributed by atoms with Crippen molar-refractivity contribution in [1.29, 1.82) is 0 Å².